The van der Waals surface area contributed by atoms with Gasteiger partial charge in [-0.05, 0) is 25.0 Å². The van der Waals surface area contributed by atoms with E-state index >= 15 is 0 Å². The van der Waals surface area contributed by atoms with Crippen molar-refractivity contribution in [3.05, 3.63) is 30.3 Å². The molecule has 1 amide bonds. The van der Waals surface area contributed by atoms with Gasteiger partial charge in [0.2, 0.25) is 5.91 Å². The van der Waals surface area contributed by atoms with Gasteiger partial charge < -0.3 is 15.4 Å². The van der Waals surface area contributed by atoms with Crippen LogP contribution in [0.2, 0.25) is 0 Å². The summed E-state index contributed by atoms with van der Waals surface area (Å²) >= 11 is 1.58. The molecule has 2 atom stereocenters. The lowest BCUT2D eigenvalue weighted by atomic mass is 9.99. The summed E-state index contributed by atoms with van der Waals surface area (Å²) in [6.45, 7) is 1.25. The molecule has 5 heteroatoms. The Morgan fingerprint density at radius 3 is 2.85 bits per heavy atom. The Labute approximate surface area is 124 Å². The number of benzene rings is 1. The fourth-order valence-electron chi connectivity index (χ4n) is 2.52. The molecule has 110 valence electrons. The number of likely N-dealkylation sites (tertiary alicyclic amines) is 1. The van der Waals surface area contributed by atoms with E-state index in [1.807, 2.05) is 35.2 Å². The lowest BCUT2D eigenvalue weighted by Gasteiger charge is -2.38. The summed E-state index contributed by atoms with van der Waals surface area (Å²) in [5.74, 6) is 0.641. The molecule has 1 saturated heterocycles. The largest absolute Gasteiger partial charge is 0.381 e. The number of carbonyl (C=O) groups excluding carboxylic acids is 1. The molecule has 0 radical (unpaired) electrons. The zero-order valence-corrected chi connectivity index (χ0v) is 12.6. The summed E-state index contributed by atoms with van der Waals surface area (Å²) in [4.78, 5) is 15.4. The molecule has 0 bridgehead atoms. The maximum atomic E-state index is 12.3. The number of piperidine rings is 1. The van der Waals surface area contributed by atoms with Crippen molar-refractivity contribution < 1.29 is 9.53 Å². The molecule has 1 aliphatic rings. The Bertz CT molecular complexity index is 427. The maximum Gasteiger partial charge on any atom is 0.233 e. The minimum Gasteiger partial charge on any atom is -0.381 e. The predicted octanol–water partition coefficient (Wildman–Crippen LogP) is 1.74. The van der Waals surface area contributed by atoms with Crippen molar-refractivity contribution in [2.75, 3.05) is 26.0 Å². The van der Waals surface area contributed by atoms with Crippen LogP contribution in [0.1, 0.15) is 12.8 Å². The first-order valence-corrected chi connectivity index (χ1v) is 7.93. The molecule has 0 aromatic heterocycles. The first kappa shape index (κ1) is 15.4. The van der Waals surface area contributed by atoms with Gasteiger partial charge in [-0.3, -0.25) is 4.79 Å². The minimum absolute atomic E-state index is 0.109. The number of hydrogen-bond acceptors (Lipinski definition) is 4. The third kappa shape index (κ3) is 3.98. The Morgan fingerprint density at radius 1 is 1.45 bits per heavy atom. The summed E-state index contributed by atoms with van der Waals surface area (Å²) < 4.78 is 5.38. The van der Waals surface area contributed by atoms with E-state index in [1.54, 1.807) is 18.9 Å². The van der Waals surface area contributed by atoms with Gasteiger partial charge in [0.05, 0.1) is 11.9 Å². The fraction of sp³-hybridized carbons (Fsp3) is 0.533. The van der Waals surface area contributed by atoms with Crippen LogP contribution < -0.4 is 5.73 Å². The molecule has 1 heterocycles. The first-order valence-electron chi connectivity index (χ1n) is 6.94. The van der Waals surface area contributed by atoms with Gasteiger partial charge in [0.15, 0.2) is 0 Å². The molecule has 1 aliphatic heterocycles. The third-order valence-electron chi connectivity index (χ3n) is 3.70. The number of rotatable bonds is 5. The van der Waals surface area contributed by atoms with E-state index in [9.17, 15) is 4.79 Å². The van der Waals surface area contributed by atoms with E-state index in [0.717, 1.165) is 24.3 Å². The fourth-order valence-corrected chi connectivity index (χ4v) is 3.33. The van der Waals surface area contributed by atoms with Crippen LogP contribution in [0, 0.1) is 0 Å². The van der Waals surface area contributed by atoms with Crippen LogP contribution >= 0.6 is 11.8 Å². The van der Waals surface area contributed by atoms with Gasteiger partial charge in [-0.1, -0.05) is 18.2 Å². The Balaban J connectivity index is 1.88. The lowest BCUT2D eigenvalue weighted by Crippen LogP contribution is -2.51. The molecule has 1 aromatic carbocycles. The summed E-state index contributed by atoms with van der Waals surface area (Å²) in [5.41, 5.74) is 5.80. The second-order valence-electron chi connectivity index (χ2n) is 4.96. The van der Waals surface area contributed by atoms with Crippen LogP contribution in [0.5, 0.6) is 0 Å². The van der Waals surface area contributed by atoms with Gasteiger partial charge in [0.25, 0.3) is 0 Å². The molecule has 4 nitrogen and oxygen atoms in total. The van der Waals surface area contributed by atoms with Gasteiger partial charge in [-0.15, -0.1) is 11.8 Å². The quantitative estimate of drug-likeness (QED) is 0.841. The van der Waals surface area contributed by atoms with Gasteiger partial charge in [0.1, 0.15) is 0 Å². The van der Waals surface area contributed by atoms with E-state index < -0.39 is 0 Å². The van der Waals surface area contributed by atoms with Crippen LogP contribution in [-0.2, 0) is 9.53 Å². The number of amides is 1. The molecular formula is C15H22N2O2S. The number of nitrogens with zero attached hydrogens (tertiary/aromatic N) is 1. The van der Waals surface area contributed by atoms with E-state index in [1.165, 1.54) is 0 Å². The summed E-state index contributed by atoms with van der Waals surface area (Å²) in [7, 11) is 1.72. The number of methoxy groups -OCH3 is 1. The average molecular weight is 294 g/mol. The lowest BCUT2D eigenvalue weighted by molar-refractivity contribution is -0.133. The standard InChI is InChI=1S/C15H22N2O2S/c1-19-13-7-8-17(12(9-13)10-16)15(18)11-20-14-5-3-2-4-6-14/h2-6,12-13H,7-11,16H2,1H3. The zero-order valence-electron chi connectivity index (χ0n) is 11.8. The van der Waals surface area contributed by atoms with Gasteiger partial charge >= 0.3 is 0 Å². The smallest absolute Gasteiger partial charge is 0.233 e. The molecule has 1 fully saturated rings. The van der Waals surface area contributed by atoms with Crippen molar-refractivity contribution in [1.82, 2.24) is 4.90 Å². The van der Waals surface area contributed by atoms with Gasteiger partial charge in [-0.25, -0.2) is 0 Å². The first-order chi connectivity index (χ1) is 9.74. The number of hydrogen-bond donors (Lipinski definition) is 1. The van der Waals surface area contributed by atoms with Crippen LogP contribution in [-0.4, -0.2) is 48.9 Å². The minimum atomic E-state index is 0.109. The highest BCUT2D eigenvalue weighted by Crippen LogP contribution is 2.22. The van der Waals surface area contributed by atoms with Crippen molar-refractivity contribution in [3.63, 3.8) is 0 Å². The summed E-state index contributed by atoms with van der Waals surface area (Å²) in [6, 6.07) is 10.1. The van der Waals surface area contributed by atoms with E-state index in [-0.39, 0.29) is 18.1 Å². The normalized spacial score (nSPS) is 22.8. The monoisotopic (exact) mass is 294 g/mol. The molecule has 0 aliphatic carbocycles. The predicted molar refractivity (Wildman–Crippen MR) is 81.8 cm³/mol. The molecule has 0 saturated carbocycles. The molecular weight excluding hydrogens is 272 g/mol. The number of ether oxygens (including phenoxy) is 1. The van der Waals surface area contributed by atoms with Crippen LogP contribution in [0.15, 0.2) is 35.2 Å². The molecule has 2 unspecified atom stereocenters. The molecule has 20 heavy (non-hydrogen) atoms. The van der Waals surface area contributed by atoms with Gasteiger partial charge in [0, 0.05) is 31.1 Å². The number of nitrogens with two attached hydrogens (primary N) is 1. The average Bonchev–Trinajstić information content (AvgIpc) is 2.52. The molecule has 2 rings (SSSR count). The molecule has 2 N–H and O–H groups in total. The highest BCUT2D eigenvalue weighted by molar-refractivity contribution is 8.00. The van der Waals surface area contributed by atoms with Crippen LogP contribution in [0.4, 0.5) is 0 Å². The van der Waals surface area contributed by atoms with E-state index in [2.05, 4.69) is 0 Å². The SMILES string of the molecule is COC1CCN(C(=O)CSc2ccccc2)C(CN)C1. The summed E-state index contributed by atoms with van der Waals surface area (Å²) in [6.07, 6.45) is 1.97. The highest BCUT2D eigenvalue weighted by Gasteiger charge is 2.30. The van der Waals surface area contributed by atoms with Gasteiger partial charge in [-0.2, -0.15) is 0 Å². The summed E-state index contributed by atoms with van der Waals surface area (Å²) in [5, 5.41) is 0. The van der Waals surface area contributed by atoms with Crippen molar-refractivity contribution >= 4 is 17.7 Å². The Kier molecular flexibility index (Phi) is 5.88. The second-order valence-corrected chi connectivity index (χ2v) is 6.01. The maximum absolute atomic E-state index is 12.3. The van der Waals surface area contributed by atoms with Crippen LogP contribution in [0.3, 0.4) is 0 Å². The van der Waals surface area contributed by atoms with Crippen molar-refractivity contribution in [3.8, 4) is 0 Å². The number of carbonyl (C=O) groups is 1. The third-order valence-corrected chi connectivity index (χ3v) is 4.70. The van der Waals surface area contributed by atoms with Crippen molar-refractivity contribution in [2.45, 2.75) is 29.9 Å². The highest BCUT2D eigenvalue weighted by atomic mass is 32.2. The van der Waals surface area contributed by atoms with E-state index in [4.69, 9.17) is 10.5 Å². The van der Waals surface area contributed by atoms with Crippen LogP contribution in [0.25, 0.3) is 0 Å². The Hall–Kier alpha value is -1.04. The number of thioether (sulfide) groups is 1. The van der Waals surface area contributed by atoms with E-state index in [0.29, 0.717) is 12.3 Å². The van der Waals surface area contributed by atoms with Crippen molar-refractivity contribution in [2.24, 2.45) is 5.73 Å². The Morgan fingerprint density at radius 2 is 2.20 bits per heavy atom. The second kappa shape index (κ2) is 7.67. The molecule has 1 aromatic rings. The zero-order chi connectivity index (χ0) is 14.4. The van der Waals surface area contributed by atoms with Crippen molar-refractivity contribution in [1.29, 1.82) is 0 Å². The topological polar surface area (TPSA) is 55.6 Å². The molecule has 0 spiro atoms.